The predicted octanol–water partition coefficient (Wildman–Crippen LogP) is 2.85. The van der Waals surface area contributed by atoms with E-state index in [1.54, 1.807) is 35.0 Å². The van der Waals surface area contributed by atoms with E-state index in [1.165, 1.54) is 0 Å². The number of fused-ring (bicyclic) bond motifs is 1. The standard InChI is InChI=1S/C22H17ClN6O2/c23-18-4-1-12(10-24)5-13(18)7-17-9-19(26-16-2-3-16)29-21(27-17)15(11-25-29)6-14-8-20(30)28-22(14)31/h1,4-6,9,11,16,26H,2-3,7-8H2,(H,28,30,31)/b14-6+. The minimum absolute atomic E-state index is 0.0413. The third-order valence-corrected chi connectivity index (χ3v) is 5.62. The fourth-order valence-corrected chi connectivity index (χ4v) is 3.73. The van der Waals surface area contributed by atoms with Gasteiger partial charge < -0.3 is 5.32 Å². The van der Waals surface area contributed by atoms with E-state index in [-0.39, 0.29) is 12.3 Å². The van der Waals surface area contributed by atoms with Crippen LogP contribution in [0, 0.1) is 11.3 Å². The Morgan fingerprint density at radius 2 is 2.16 bits per heavy atom. The van der Waals surface area contributed by atoms with E-state index in [9.17, 15) is 14.9 Å². The highest BCUT2D eigenvalue weighted by molar-refractivity contribution is 6.31. The SMILES string of the molecule is N#Cc1ccc(Cl)c(Cc2cc(NC3CC3)n3ncc(/C=C4\CC(=O)NC4=O)c3n2)c1. The maximum atomic E-state index is 12.0. The first-order chi connectivity index (χ1) is 15.0. The number of aromatic nitrogens is 3. The van der Waals surface area contributed by atoms with Crippen LogP contribution in [0.3, 0.4) is 0 Å². The van der Waals surface area contributed by atoms with Crippen LogP contribution in [-0.2, 0) is 16.0 Å². The number of carbonyl (C=O) groups excluding carboxylic acids is 2. The Bertz CT molecular complexity index is 1320. The lowest BCUT2D eigenvalue weighted by Crippen LogP contribution is -2.19. The number of anilines is 1. The number of benzene rings is 1. The molecule has 0 unspecified atom stereocenters. The van der Waals surface area contributed by atoms with Crippen molar-refractivity contribution in [3.63, 3.8) is 0 Å². The molecule has 154 valence electrons. The number of hydrogen-bond donors (Lipinski definition) is 2. The molecule has 2 aromatic heterocycles. The van der Waals surface area contributed by atoms with Crippen molar-refractivity contribution in [1.82, 2.24) is 19.9 Å². The summed E-state index contributed by atoms with van der Waals surface area (Å²) < 4.78 is 1.70. The number of nitriles is 1. The van der Waals surface area contributed by atoms with Crippen LogP contribution in [0.5, 0.6) is 0 Å². The van der Waals surface area contributed by atoms with Gasteiger partial charge in [-0.1, -0.05) is 11.6 Å². The van der Waals surface area contributed by atoms with Crippen LogP contribution in [0.25, 0.3) is 11.7 Å². The molecule has 3 heterocycles. The van der Waals surface area contributed by atoms with E-state index in [1.807, 2.05) is 6.07 Å². The molecule has 0 atom stereocenters. The Hall–Kier alpha value is -3.70. The highest BCUT2D eigenvalue weighted by Crippen LogP contribution is 2.28. The third-order valence-electron chi connectivity index (χ3n) is 5.25. The maximum absolute atomic E-state index is 12.0. The zero-order chi connectivity index (χ0) is 21.5. The van der Waals surface area contributed by atoms with Crippen LogP contribution < -0.4 is 10.6 Å². The summed E-state index contributed by atoms with van der Waals surface area (Å²) in [7, 11) is 0. The van der Waals surface area contributed by atoms with Gasteiger partial charge in [-0.3, -0.25) is 14.9 Å². The van der Waals surface area contributed by atoms with Gasteiger partial charge in [0.1, 0.15) is 5.82 Å². The van der Waals surface area contributed by atoms with E-state index in [0.29, 0.717) is 39.8 Å². The van der Waals surface area contributed by atoms with Gasteiger partial charge in [-0.05, 0) is 42.7 Å². The topological polar surface area (TPSA) is 112 Å². The molecule has 1 saturated carbocycles. The van der Waals surface area contributed by atoms with Gasteiger partial charge in [0.25, 0.3) is 5.91 Å². The van der Waals surface area contributed by atoms with E-state index in [2.05, 4.69) is 21.8 Å². The summed E-state index contributed by atoms with van der Waals surface area (Å²) in [6.07, 6.45) is 5.95. The summed E-state index contributed by atoms with van der Waals surface area (Å²) in [5, 5.41) is 20.0. The van der Waals surface area contributed by atoms with Crippen LogP contribution in [0.2, 0.25) is 5.02 Å². The zero-order valence-electron chi connectivity index (χ0n) is 16.4. The number of carbonyl (C=O) groups is 2. The van der Waals surface area contributed by atoms with Crippen molar-refractivity contribution in [2.75, 3.05) is 5.32 Å². The Morgan fingerprint density at radius 3 is 2.87 bits per heavy atom. The number of nitrogens with zero attached hydrogens (tertiary/aromatic N) is 4. The second-order valence-corrected chi connectivity index (χ2v) is 8.11. The van der Waals surface area contributed by atoms with Crippen molar-refractivity contribution in [1.29, 1.82) is 5.26 Å². The summed E-state index contributed by atoms with van der Waals surface area (Å²) in [4.78, 5) is 28.3. The fraction of sp³-hybridized carbons (Fsp3) is 0.227. The molecule has 8 nitrogen and oxygen atoms in total. The van der Waals surface area contributed by atoms with Crippen LogP contribution in [0.4, 0.5) is 5.82 Å². The number of halogens is 1. The summed E-state index contributed by atoms with van der Waals surface area (Å²) in [6.45, 7) is 0. The number of imide groups is 1. The van der Waals surface area contributed by atoms with Gasteiger partial charge in [0.15, 0.2) is 5.65 Å². The van der Waals surface area contributed by atoms with Crippen LogP contribution in [0.1, 0.15) is 41.6 Å². The molecule has 3 aromatic rings. The molecule has 0 radical (unpaired) electrons. The maximum Gasteiger partial charge on any atom is 0.254 e. The molecule has 31 heavy (non-hydrogen) atoms. The van der Waals surface area contributed by atoms with Crippen molar-refractivity contribution in [3.8, 4) is 6.07 Å². The Balaban J connectivity index is 1.59. The lowest BCUT2D eigenvalue weighted by Gasteiger charge is -2.11. The summed E-state index contributed by atoms with van der Waals surface area (Å²) >= 11 is 6.35. The molecule has 1 aliphatic carbocycles. The van der Waals surface area contributed by atoms with Gasteiger partial charge in [-0.15, -0.1) is 0 Å². The molecule has 1 aliphatic heterocycles. The first-order valence-corrected chi connectivity index (χ1v) is 10.3. The van der Waals surface area contributed by atoms with Gasteiger partial charge >= 0.3 is 0 Å². The van der Waals surface area contributed by atoms with Crippen molar-refractivity contribution in [2.45, 2.75) is 31.7 Å². The number of rotatable bonds is 5. The van der Waals surface area contributed by atoms with E-state index >= 15 is 0 Å². The number of hydrogen-bond acceptors (Lipinski definition) is 6. The average molecular weight is 433 g/mol. The normalized spacial score (nSPS) is 17.2. The second-order valence-electron chi connectivity index (χ2n) is 7.71. The van der Waals surface area contributed by atoms with Crippen LogP contribution in [0.15, 0.2) is 36.0 Å². The summed E-state index contributed by atoms with van der Waals surface area (Å²) in [6, 6.07) is 9.60. The first-order valence-electron chi connectivity index (χ1n) is 9.87. The molecule has 0 spiro atoms. The molecule has 1 aromatic carbocycles. The number of amides is 2. The molecule has 9 heteroatoms. The van der Waals surface area contributed by atoms with Gasteiger partial charge in [-0.25, -0.2) is 4.98 Å². The molecular formula is C22H17ClN6O2. The monoisotopic (exact) mass is 432 g/mol. The van der Waals surface area contributed by atoms with E-state index in [4.69, 9.17) is 16.6 Å². The van der Waals surface area contributed by atoms with Gasteiger partial charge in [0.05, 0.1) is 29.9 Å². The summed E-state index contributed by atoms with van der Waals surface area (Å²) in [5.41, 5.74) is 3.69. The highest BCUT2D eigenvalue weighted by atomic mass is 35.5. The van der Waals surface area contributed by atoms with Crippen LogP contribution >= 0.6 is 11.6 Å². The minimum Gasteiger partial charge on any atom is -0.367 e. The smallest absolute Gasteiger partial charge is 0.254 e. The third kappa shape index (κ3) is 3.88. The van der Waals surface area contributed by atoms with Crippen molar-refractivity contribution >= 4 is 41.0 Å². The average Bonchev–Trinajstić information content (AvgIpc) is 3.38. The van der Waals surface area contributed by atoms with Crippen molar-refractivity contribution in [3.05, 3.63) is 63.4 Å². The van der Waals surface area contributed by atoms with Gasteiger partial charge in [0.2, 0.25) is 5.91 Å². The Morgan fingerprint density at radius 1 is 1.32 bits per heavy atom. The molecule has 2 amide bonds. The molecule has 5 rings (SSSR count). The molecule has 0 bridgehead atoms. The lowest BCUT2D eigenvalue weighted by molar-refractivity contribution is -0.124. The van der Waals surface area contributed by atoms with Crippen molar-refractivity contribution < 1.29 is 9.59 Å². The van der Waals surface area contributed by atoms with Crippen molar-refractivity contribution in [2.24, 2.45) is 0 Å². The number of nitrogens with one attached hydrogen (secondary N) is 2. The molecule has 1 saturated heterocycles. The molecule has 2 aliphatic rings. The highest BCUT2D eigenvalue weighted by Gasteiger charge is 2.25. The largest absolute Gasteiger partial charge is 0.367 e. The molecule has 2 N–H and O–H groups in total. The minimum atomic E-state index is -0.392. The van der Waals surface area contributed by atoms with Gasteiger partial charge in [0, 0.05) is 34.7 Å². The Labute approximate surface area is 182 Å². The quantitative estimate of drug-likeness (QED) is 0.473. The van der Waals surface area contributed by atoms with E-state index < -0.39 is 5.91 Å². The first kappa shape index (κ1) is 19.3. The second kappa shape index (κ2) is 7.52. The fourth-order valence-electron chi connectivity index (χ4n) is 3.55. The predicted molar refractivity (Wildman–Crippen MR) is 114 cm³/mol. The van der Waals surface area contributed by atoms with Gasteiger partial charge in [-0.2, -0.15) is 14.9 Å². The summed E-state index contributed by atoms with van der Waals surface area (Å²) in [5.74, 6) is 0.0908. The molecule has 2 fully saturated rings. The lowest BCUT2D eigenvalue weighted by atomic mass is 10.1. The van der Waals surface area contributed by atoms with E-state index in [0.717, 1.165) is 29.9 Å². The zero-order valence-corrected chi connectivity index (χ0v) is 17.1. The Kier molecular flexibility index (Phi) is 4.68. The van der Waals surface area contributed by atoms with Crippen LogP contribution in [-0.4, -0.2) is 32.5 Å². The molecular weight excluding hydrogens is 416 g/mol.